The van der Waals surface area contributed by atoms with E-state index in [9.17, 15) is 4.79 Å². The second-order valence-electron chi connectivity index (χ2n) is 5.20. The van der Waals surface area contributed by atoms with Gasteiger partial charge >= 0.3 is 0 Å². The van der Waals surface area contributed by atoms with E-state index < -0.39 is 0 Å². The molecule has 1 amide bonds. The molecule has 1 heterocycles. The predicted octanol–water partition coefficient (Wildman–Crippen LogP) is 1.37. The summed E-state index contributed by atoms with van der Waals surface area (Å²) in [7, 11) is 0. The molecular weight excluding hydrogens is 226 g/mol. The maximum absolute atomic E-state index is 11.5. The first-order valence-corrected chi connectivity index (χ1v) is 7.48. The Balaban J connectivity index is 2.04. The number of amides is 1. The van der Waals surface area contributed by atoms with Crippen molar-refractivity contribution in [3.63, 3.8) is 0 Å². The zero-order valence-electron chi connectivity index (χ0n) is 12.0. The van der Waals surface area contributed by atoms with Crippen LogP contribution in [0.15, 0.2) is 0 Å². The summed E-state index contributed by atoms with van der Waals surface area (Å²) in [4.78, 5) is 14.1. The van der Waals surface area contributed by atoms with Crippen LogP contribution in [-0.4, -0.2) is 49.6 Å². The van der Waals surface area contributed by atoms with Gasteiger partial charge in [-0.3, -0.25) is 4.79 Å². The SMILES string of the molecule is CCCCNC(=O)CNC1CCN(CCC)CC1. The van der Waals surface area contributed by atoms with E-state index in [0.717, 1.165) is 19.4 Å². The van der Waals surface area contributed by atoms with Crippen molar-refractivity contribution in [1.29, 1.82) is 0 Å². The minimum Gasteiger partial charge on any atom is -0.355 e. The topological polar surface area (TPSA) is 44.4 Å². The van der Waals surface area contributed by atoms with Crippen molar-refractivity contribution in [2.45, 2.75) is 52.0 Å². The first-order chi connectivity index (χ1) is 8.76. The summed E-state index contributed by atoms with van der Waals surface area (Å²) < 4.78 is 0. The standard InChI is InChI=1S/C14H29N3O/c1-3-5-8-15-14(18)12-16-13-6-10-17(9-4-2)11-7-13/h13,16H,3-12H2,1-2H3,(H,15,18). The molecular formula is C14H29N3O. The fraction of sp³-hybridized carbons (Fsp3) is 0.929. The molecule has 0 atom stereocenters. The van der Waals surface area contributed by atoms with E-state index in [1.54, 1.807) is 0 Å². The molecule has 1 aliphatic rings. The van der Waals surface area contributed by atoms with Crippen molar-refractivity contribution in [3.8, 4) is 0 Å². The van der Waals surface area contributed by atoms with Gasteiger partial charge < -0.3 is 15.5 Å². The van der Waals surface area contributed by atoms with Gasteiger partial charge in [0.05, 0.1) is 6.54 Å². The summed E-state index contributed by atoms with van der Waals surface area (Å²) >= 11 is 0. The van der Waals surface area contributed by atoms with Gasteiger partial charge in [0, 0.05) is 12.6 Å². The smallest absolute Gasteiger partial charge is 0.233 e. The molecule has 0 bridgehead atoms. The fourth-order valence-corrected chi connectivity index (χ4v) is 2.38. The van der Waals surface area contributed by atoms with Crippen molar-refractivity contribution in [2.75, 3.05) is 32.7 Å². The molecule has 0 aliphatic carbocycles. The van der Waals surface area contributed by atoms with Crippen LogP contribution in [0.3, 0.4) is 0 Å². The zero-order valence-corrected chi connectivity index (χ0v) is 12.0. The first kappa shape index (κ1) is 15.4. The van der Waals surface area contributed by atoms with Crippen molar-refractivity contribution in [2.24, 2.45) is 0 Å². The number of nitrogens with one attached hydrogen (secondary N) is 2. The molecule has 0 aromatic carbocycles. The molecule has 0 aromatic heterocycles. The zero-order chi connectivity index (χ0) is 13.2. The molecule has 4 nitrogen and oxygen atoms in total. The lowest BCUT2D eigenvalue weighted by molar-refractivity contribution is -0.120. The summed E-state index contributed by atoms with van der Waals surface area (Å²) in [6.07, 6.45) is 5.77. The van der Waals surface area contributed by atoms with E-state index in [4.69, 9.17) is 0 Å². The minimum absolute atomic E-state index is 0.138. The molecule has 0 unspecified atom stereocenters. The van der Waals surface area contributed by atoms with E-state index in [0.29, 0.717) is 12.6 Å². The summed E-state index contributed by atoms with van der Waals surface area (Å²) in [6, 6.07) is 0.523. The van der Waals surface area contributed by atoms with Crippen LogP contribution < -0.4 is 10.6 Å². The molecule has 1 aliphatic heterocycles. The molecule has 18 heavy (non-hydrogen) atoms. The van der Waals surface area contributed by atoms with Crippen LogP contribution in [0, 0.1) is 0 Å². The minimum atomic E-state index is 0.138. The van der Waals surface area contributed by atoms with Gasteiger partial charge in [-0.05, 0) is 45.3 Å². The summed E-state index contributed by atoms with van der Waals surface area (Å²) in [5.74, 6) is 0.138. The molecule has 0 aromatic rings. The highest BCUT2D eigenvalue weighted by Gasteiger charge is 2.18. The predicted molar refractivity (Wildman–Crippen MR) is 75.7 cm³/mol. The fourth-order valence-electron chi connectivity index (χ4n) is 2.38. The van der Waals surface area contributed by atoms with Crippen LogP contribution in [0.4, 0.5) is 0 Å². The van der Waals surface area contributed by atoms with Crippen molar-refractivity contribution in [1.82, 2.24) is 15.5 Å². The maximum Gasteiger partial charge on any atom is 0.233 e. The maximum atomic E-state index is 11.5. The molecule has 0 saturated carbocycles. The van der Waals surface area contributed by atoms with E-state index in [2.05, 4.69) is 29.4 Å². The van der Waals surface area contributed by atoms with Crippen LogP contribution in [0.5, 0.6) is 0 Å². The number of hydrogen-bond donors (Lipinski definition) is 2. The van der Waals surface area contributed by atoms with Crippen LogP contribution in [0.2, 0.25) is 0 Å². The highest BCUT2D eigenvalue weighted by molar-refractivity contribution is 5.77. The lowest BCUT2D eigenvalue weighted by Crippen LogP contribution is -2.45. The Hall–Kier alpha value is -0.610. The number of piperidine rings is 1. The molecule has 1 rings (SSSR count). The first-order valence-electron chi connectivity index (χ1n) is 7.48. The van der Waals surface area contributed by atoms with E-state index in [-0.39, 0.29) is 5.91 Å². The van der Waals surface area contributed by atoms with Crippen molar-refractivity contribution >= 4 is 5.91 Å². The average molecular weight is 255 g/mol. The Morgan fingerprint density at radius 3 is 2.56 bits per heavy atom. The second kappa shape index (κ2) is 9.34. The Morgan fingerprint density at radius 2 is 1.94 bits per heavy atom. The van der Waals surface area contributed by atoms with Gasteiger partial charge in [0.1, 0.15) is 0 Å². The van der Waals surface area contributed by atoms with Crippen LogP contribution in [-0.2, 0) is 4.79 Å². The number of carbonyl (C=O) groups is 1. The Morgan fingerprint density at radius 1 is 1.22 bits per heavy atom. The van der Waals surface area contributed by atoms with Gasteiger partial charge in [-0.25, -0.2) is 0 Å². The molecule has 4 heteroatoms. The molecule has 2 N–H and O–H groups in total. The monoisotopic (exact) mass is 255 g/mol. The summed E-state index contributed by atoms with van der Waals surface area (Å²) in [6.45, 7) is 9.20. The van der Waals surface area contributed by atoms with Crippen LogP contribution in [0.1, 0.15) is 46.0 Å². The molecule has 106 valence electrons. The third-order valence-electron chi connectivity index (χ3n) is 3.53. The number of nitrogens with zero attached hydrogens (tertiary/aromatic N) is 1. The summed E-state index contributed by atoms with van der Waals surface area (Å²) in [5.41, 5.74) is 0. The lowest BCUT2D eigenvalue weighted by atomic mass is 10.0. The number of carbonyl (C=O) groups excluding carboxylic acids is 1. The number of likely N-dealkylation sites (tertiary alicyclic amines) is 1. The largest absolute Gasteiger partial charge is 0.355 e. The van der Waals surface area contributed by atoms with Crippen LogP contribution in [0.25, 0.3) is 0 Å². The highest BCUT2D eigenvalue weighted by atomic mass is 16.1. The highest BCUT2D eigenvalue weighted by Crippen LogP contribution is 2.10. The molecule has 0 spiro atoms. The van der Waals surface area contributed by atoms with Gasteiger partial charge in [-0.2, -0.15) is 0 Å². The number of rotatable bonds is 8. The van der Waals surface area contributed by atoms with Gasteiger partial charge in [0.2, 0.25) is 5.91 Å². The second-order valence-corrected chi connectivity index (χ2v) is 5.20. The van der Waals surface area contributed by atoms with Gasteiger partial charge in [-0.15, -0.1) is 0 Å². The third-order valence-corrected chi connectivity index (χ3v) is 3.53. The normalized spacial score (nSPS) is 17.9. The van der Waals surface area contributed by atoms with E-state index in [1.165, 1.54) is 38.9 Å². The quantitative estimate of drug-likeness (QED) is 0.644. The Bertz CT molecular complexity index is 225. The van der Waals surface area contributed by atoms with Gasteiger partial charge in [0.25, 0.3) is 0 Å². The van der Waals surface area contributed by atoms with E-state index >= 15 is 0 Å². The Kier molecular flexibility index (Phi) is 8.01. The number of hydrogen-bond acceptors (Lipinski definition) is 3. The van der Waals surface area contributed by atoms with Gasteiger partial charge in [-0.1, -0.05) is 20.3 Å². The van der Waals surface area contributed by atoms with Crippen molar-refractivity contribution in [3.05, 3.63) is 0 Å². The van der Waals surface area contributed by atoms with Gasteiger partial charge in [0.15, 0.2) is 0 Å². The lowest BCUT2D eigenvalue weighted by Gasteiger charge is -2.32. The molecule has 1 fully saturated rings. The molecule has 1 saturated heterocycles. The number of unbranched alkanes of at least 4 members (excludes halogenated alkanes) is 1. The molecule has 0 radical (unpaired) electrons. The average Bonchev–Trinajstić information content (AvgIpc) is 2.39. The summed E-state index contributed by atoms with van der Waals surface area (Å²) in [5, 5.41) is 6.31. The Labute approximate surface area is 111 Å². The van der Waals surface area contributed by atoms with Crippen molar-refractivity contribution < 1.29 is 4.79 Å². The van der Waals surface area contributed by atoms with Crippen LogP contribution >= 0.6 is 0 Å². The third kappa shape index (κ3) is 6.36. The van der Waals surface area contributed by atoms with E-state index in [1.807, 2.05) is 0 Å².